The lowest BCUT2D eigenvalue weighted by Crippen LogP contribution is -2.34. The number of imidazole rings is 1. The van der Waals surface area contributed by atoms with Crippen molar-refractivity contribution in [2.75, 3.05) is 27.4 Å². The number of hydrogen-bond donors (Lipinski definition) is 0. The summed E-state index contributed by atoms with van der Waals surface area (Å²) in [5.41, 5.74) is 2.25. The monoisotopic (exact) mass is 511 g/mol. The van der Waals surface area contributed by atoms with Crippen molar-refractivity contribution in [1.82, 2.24) is 14.5 Å². The Balaban J connectivity index is 1.59. The molecule has 0 bridgehead atoms. The van der Waals surface area contributed by atoms with Crippen LogP contribution in [0.25, 0.3) is 0 Å². The first kappa shape index (κ1) is 25.9. The summed E-state index contributed by atoms with van der Waals surface area (Å²) >= 11 is 0. The molecule has 1 aliphatic carbocycles. The summed E-state index contributed by atoms with van der Waals surface area (Å²) in [4.78, 5) is 19.4. The molecule has 4 rings (SSSR count). The van der Waals surface area contributed by atoms with Gasteiger partial charge in [0, 0.05) is 20.2 Å². The molecule has 1 saturated carbocycles. The van der Waals surface area contributed by atoms with Crippen LogP contribution in [0.5, 0.6) is 5.75 Å². The first-order valence-corrected chi connectivity index (χ1v) is 13.8. The van der Waals surface area contributed by atoms with Crippen LogP contribution in [0.2, 0.25) is 0 Å². The number of carbonyl (C=O) groups is 1. The highest BCUT2D eigenvalue weighted by Gasteiger charge is 2.29. The molecule has 0 unspecified atom stereocenters. The highest BCUT2D eigenvalue weighted by atomic mass is 32.2. The minimum Gasteiger partial charge on any atom is -0.497 e. The summed E-state index contributed by atoms with van der Waals surface area (Å²) < 4.78 is 39.0. The predicted molar refractivity (Wildman–Crippen MR) is 136 cm³/mol. The van der Waals surface area contributed by atoms with Gasteiger partial charge in [0.25, 0.3) is 0 Å². The summed E-state index contributed by atoms with van der Waals surface area (Å²) in [6.07, 6.45) is 4.10. The fourth-order valence-electron chi connectivity index (χ4n) is 4.18. The standard InChI is InChI=1S/C27H33N3O5S/c1-34-14-13-30-24(17-28-27(30)36(32,33)20-23-9-6-10-25(15-23)35-2)19-29(18-22-11-12-22)26(31)16-21-7-4-3-5-8-21/h3-10,15,17,22H,11-14,16,18-20H2,1-2H3. The van der Waals surface area contributed by atoms with Gasteiger partial charge in [0.05, 0.1) is 44.3 Å². The van der Waals surface area contributed by atoms with E-state index in [1.165, 1.54) is 0 Å². The van der Waals surface area contributed by atoms with Gasteiger partial charge in [0.1, 0.15) is 5.75 Å². The van der Waals surface area contributed by atoms with Crippen molar-refractivity contribution in [3.63, 3.8) is 0 Å². The molecule has 3 aromatic rings. The quantitative estimate of drug-likeness (QED) is 0.349. The number of hydrogen-bond acceptors (Lipinski definition) is 6. The maximum atomic E-state index is 13.4. The smallest absolute Gasteiger partial charge is 0.228 e. The summed E-state index contributed by atoms with van der Waals surface area (Å²) in [5, 5.41) is -0.0146. The zero-order valence-electron chi connectivity index (χ0n) is 20.8. The Kier molecular flexibility index (Phi) is 8.43. The molecule has 1 aromatic heterocycles. The van der Waals surface area contributed by atoms with Crippen molar-refractivity contribution in [1.29, 1.82) is 0 Å². The van der Waals surface area contributed by atoms with E-state index in [2.05, 4.69) is 4.98 Å². The Bertz CT molecular complexity index is 1270. The van der Waals surface area contributed by atoms with Crippen LogP contribution < -0.4 is 4.74 Å². The molecule has 192 valence electrons. The van der Waals surface area contributed by atoms with Crippen LogP contribution in [0.4, 0.5) is 0 Å². The van der Waals surface area contributed by atoms with Gasteiger partial charge in [-0.05, 0) is 42.0 Å². The molecule has 9 heteroatoms. The molecule has 0 saturated heterocycles. The van der Waals surface area contributed by atoms with Crippen LogP contribution in [-0.2, 0) is 44.6 Å². The van der Waals surface area contributed by atoms with E-state index in [0.29, 0.717) is 55.6 Å². The number of sulfone groups is 1. The first-order chi connectivity index (χ1) is 17.4. The van der Waals surface area contributed by atoms with E-state index in [1.54, 1.807) is 49.2 Å². The molecule has 0 spiro atoms. The third-order valence-electron chi connectivity index (χ3n) is 6.27. The van der Waals surface area contributed by atoms with Crippen molar-refractivity contribution in [2.24, 2.45) is 5.92 Å². The zero-order chi connectivity index (χ0) is 25.5. The van der Waals surface area contributed by atoms with Gasteiger partial charge in [-0.2, -0.15) is 0 Å². The maximum Gasteiger partial charge on any atom is 0.228 e. The average Bonchev–Trinajstić information content (AvgIpc) is 3.60. The van der Waals surface area contributed by atoms with Crippen LogP contribution in [-0.4, -0.2) is 56.1 Å². The van der Waals surface area contributed by atoms with E-state index >= 15 is 0 Å². The van der Waals surface area contributed by atoms with E-state index in [-0.39, 0.29) is 16.8 Å². The molecular weight excluding hydrogens is 478 g/mol. The van der Waals surface area contributed by atoms with E-state index in [9.17, 15) is 13.2 Å². The summed E-state index contributed by atoms with van der Waals surface area (Å²) in [6.45, 7) is 1.61. The number of amides is 1. The van der Waals surface area contributed by atoms with Gasteiger partial charge >= 0.3 is 0 Å². The Morgan fingerprint density at radius 2 is 1.83 bits per heavy atom. The van der Waals surface area contributed by atoms with Crippen LogP contribution >= 0.6 is 0 Å². The van der Waals surface area contributed by atoms with E-state index in [4.69, 9.17) is 9.47 Å². The normalized spacial score (nSPS) is 13.5. The molecule has 1 heterocycles. The second-order valence-corrected chi connectivity index (χ2v) is 11.1. The first-order valence-electron chi connectivity index (χ1n) is 12.1. The number of rotatable bonds is 13. The lowest BCUT2D eigenvalue weighted by atomic mass is 10.1. The summed E-state index contributed by atoms with van der Waals surface area (Å²) in [7, 11) is -0.638. The van der Waals surface area contributed by atoms with Gasteiger partial charge in [-0.1, -0.05) is 42.5 Å². The molecule has 1 fully saturated rings. The largest absolute Gasteiger partial charge is 0.497 e. The minimum absolute atomic E-state index is 0.0146. The molecule has 36 heavy (non-hydrogen) atoms. The second-order valence-electron chi connectivity index (χ2n) is 9.17. The molecule has 2 aromatic carbocycles. The van der Waals surface area contributed by atoms with Crippen molar-refractivity contribution < 1.29 is 22.7 Å². The number of ether oxygens (including phenoxy) is 2. The van der Waals surface area contributed by atoms with Gasteiger partial charge in [-0.3, -0.25) is 4.79 Å². The lowest BCUT2D eigenvalue weighted by molar-refractivity contribution is -0.131. The summed E-state index contributed by atoms with van der Waals surface area (Å²) in [6, 6.07) is 16.7. The molecule has 0 aliphatic heterocycles. The Hall–Kier alpha value is -3.17. The third-order valence-corrected chi connectivity index (χ3v) is 7.86. The topological polar surface area (TPSA) is 90.7 Å². The molecular formula is C27H33N3O5S. The fourth-order valence-corrected chi connectivity index (χ4v) is 5.68. The van der Waals surface area contributed by atoms with Crippen LogP contribution in [0.3, 0.4) is 0 Å². The lowest BCUT2D eigenvalue weighted by Gasteiger charge is -2.24. The zero-order valence-corrected chi connectivity index (χ0v) is 21.6. The minimum atomic E-state index is -3.76. The number of benzene rings is 2. The van der Waals surface area contributed by atoms with Gasteiger partial charge in [0.15, 0.2) is 0 Å². The highest BCUT2D eigenvalue weighted by Crippen LogP contribution is 2.31. The fraction of sp³-hybridized carbons (Fsp3) is 0.407. The molecule has 0 N–H and O–H groups in total. The maximum absolute atomic E-state index is 13.4. The van der Waals surface area contributed by atoms with Crippen LogP contribution in [0, 0.1) is 5.92 Å². The van der Waals surface area contributed by atoms with E-state index in [1.807, 2.05) is 35.2 Å². The second kappa shape index (κ2) is 11.7. The van der Waals surface area contributed by atoms with Crippen molar-refractivity contribution in [3.05, 3.63) is 77.6 Å². The third kappa shape index (κ3) is 6.73. The van der Waals surface area contributed by atoms with Crippen LogP contribution in [0.1, 0.15) is 29.7 Å². The summed E-state index contributed by atoms with van der Waals surface area (Å²) in [5.74, 6) is 0.912. The predicted octanol–water partition coefficient (Wildman–Crippen LogP) is 3.49. The Morgan fingerprint density at radius 1 is 1.08 bits per heavy atom. The van der Waals surface area contributed by atoms with Crippen molar-refractivity contribution in [2.45, 2.75) is 43.3 Å². The number of methoxy groups -OCH3 is 2. The van der Waals surface area contributed by atoms with Gasteiger partial charge < -0.3 is 18.9 Å². The highest BCUT2D eigenvalue weighted by molar-refractivity contribution is 7.90. The van der Waals surface area contributed by atoms with Gasteiger partial charge in [-0.15, -0.1) is 0 Å². The van der Waals surface area contributed by atoms with Gasteiger partial charge in [-0.25, -0.2) is 13.4 Å². The molecule has 0 atom stereocenters. The molecule has 8 nitrogen and oxygen atoms in total. The van der Waals surface area contributed by atoms with E-state index < -0.39 is 9.84 Å². The Labute approximate surface area is 212 Å². The number of nitrogens with zero attached hydrogens (tertiary/aromatic N) is 3. The SMILES string of the molecule is COCCn1c(CN(CC2CC2)C(=O)Cc2ccccc2)cnc1S(=O)(=O)Cc1cccc(OC)c1. The number of carbonyl (C=O) groups excluding carboxylic acids is 1. The van der Waals surface area contributed by atoms with Crippen molar-refractivity contribution in [3.8, 4) is 5.75 Å². The number of aromatic nitrogens is 2. The van der Waals surface area contributed by atoms with Gasteiger partial charge in [0.2, 0.25) is 20.9 Å². The Morgan fingerprint density at radius 3 is 2.53 bits per heavy atom. The molecule has 0 radical (unpaired) electrons. The van der Waals surface area contributed by atoms with Crippen molar-refractivity contribution >= 4 is 15.7 Å². The van der Waals surface area contributed by atoms with Crippen LogP contribution in [0.15, 0.2) is 66.0 Å². The molecule has 1 amide bonds. The average molecular weight is 512 g/mol. The molecule has 1 aliphatic rings. The van der Waals surface area contributed by atoms with E-state index in [0.717, 1.165) is 18.4 Å².